The van der Waals surface area contributed by atoms with Crippen LogP contribution in [0.4, 0.5) is 8.78 Å². The maximum absolute atomic E-state index is 13.4. The molecule has 2 N–H and O–H groups in total. The molecule has 0 aromatic heterocycles. The minimum Gasteiger partial charge on any atom is -0.481 e. The van der Waals surface area contributed by atoms with Gasteiger partial charge < -0.3 is 10.4 Å². The fourth-order valence-electron chi connectivity index (χ4n) is 2.62. The Labute approximate surface area is 121 Å². The summed E-state index contributed by atoms with van der Waals surface area (Å²) in [5.74, 6) is -2.58. The van der Waals surface area contributed by atoms with Crippen molar-refractivity contribution in [1.29, 1.82) is 0 Å². The third kappa shape index (κ3) is 4.24. The zero-order valence-corrected chi connectivity index (χ0v) is 11.4. The third-order valence-corrected chi connectivity index (χ3v) is 3.78. The van der Waals surface area contributed by atoms with E-state index < -0.39 is 23.5 Å². The molecule has 114 valence electrons. The van der Waals surface area contributed by atoms with E-state index in [0.29, 0.717) is 19.3 Å². The highest BCUT2D eigenvalue weighted by molar-refractivity contribution is 5.77. The number of carbonyl (C=O) groups excluding carboxylic acids is 1. The molecule has 2 rings (SSSR count). The van der Waals surface area contributed by atoms with Crippen LogP contribution < -0.4 is 5.32 Å². The van der Waals surface area contributed by atoms with Crippen molar-refractivity contribution in [2.24, 2.45) is 5.92 Å². The van der Waals surface area contributed by atoms with E-state index in [0.717, 1.165) is 18.2 Å². The zero-order valence-electron chi connectivity index (χ0n) is 11.4. The van der Waals surface area contributed by atoms with E-state index in [1.165, 1.54) is 0 Å². The first-order chi connectivity index (χ1) is 9.95. The summed E-state index contributed by atoms with van der Waals surface area (Å²) in [6.45, 7) is 0. The number of hydrogen-bond donors (Lipinski definition) is 2. The molecular weight excluding hydrogens is 280 g/mol. The number of carboxylic acids is 1. The molecule has 0 saturated heterocycles. The summed E-state index contributed by atoms with van der Waals surface area (Å²) in [5.41, 5.74) is 0.167. The molecule has 1 amide bonds. The molecule has 2 atom stereocenters. The summed E-state index contributed by atoms with van der Waals surface area (Å²) in [7, 11) is 0. The molecule has 1 fully saturated rings. The van der Waals surface area contributed by atoms with Gasteiger partial charge in [-0.3, -0.25) is 9.59 Å². The first-order valence-electron chi connectivity index (χ1n) is 6.92. The summed E-state index contributed by atoms with van der Waals surface area (Å²) in [6.07, 6.45) is 1.78. The fraction of sp³-hybridized carbons (Fsp3) is 0.467. The van der Waals surface area contributed by atoms with Crippen LogP contribution in [0.2, 0.25) is 0 Å². The van der Waals surface area contributed by atoms with Crippen molar-refractivity contribution < 1.29 is 23.5 Å². The lowest BCUT2D eigenvalue weighted by Gasteiger charge is -2.12. The van der Waals surface area contributed by atoms with E-state index in [4.69, 9.17) is 5.11 Å². The Morgan fingerprint density at radius 2 is 2.05 bits per heavy atom. The maximum atomic E-state index is 13.4. The highest BCUT2D eigenvalue weighted by Gasteiger charge is 2.30. The maximum Gasteiger partial charge on any atom is 0.306 e. The Hall–Kier alpha value is -1.98. The third-order valence-electron chi connectivity index (χ3n) is 3.78. The first kappa shape index (κ1) is 15.4. The number of halogens is 2. The summed E-state index contributed by atoms with van der Waals surface area (Å²) < 4.78 is 26.4. The topological polar surface area (TPSA) is 66.4 Å². The molecule has 0 aliphatic heterocycles. The van der Waals surface area contributed by atoms with Crippen LogP contribution in [-0.2, 0) is 16.0 Å². The van der Waals surface area contributed by atoms with Crippen LogP contribution >= 0.6 is 0 Å². The molecule has 0 heterocycles. The lowest BCUT2D eigenvalue weighted by Crippen LogP contribution is -2.33. The quantitative estimate of drug-likeness (QED) is 0.876. The zero-order chi connectivity index (χ0) is 15.4. The van der Waals surface area contributed by atoms with Crippen LogP contribution in [0.5, 0.6) is 0 Å². The number of rotatable bonds is 5. The van der Waals surface area contributed by atoms with Crippen LogP contribution in [0.15, 0.2) is 18.2 Å². The molecule has 1 aromatic carbocycles. The van der Waals surface area contributed by atoms with Crippen LogP contribution in [0.1, 0.15) is 31.2 Å². The van der Waals surface area contributed by atoms with Gasteiger partial charge in [0, 0.05) is 12.5 Å². The largest absolute Gasteiger partial charge is 0.481 e. The van der Waals surface area contributed by atoms with Crippen molar-refractivity contribution in [2.75, 3.05) is 0 Å². The molecule has 4 nitrogen and oxygen atoms in total. The van der Waals surface area contributed by atoms with E-state index in [1.54, 1.807) is 0 Å². The second kappa shape index (κ2) is 6.65. The predicted octanol–water partition coefficient (Wildman–Crippen LogP) is 2.27. The fourth-order valence-corrected chi connectivity index (χ4v) is 2.62. The Bertz CT molecular complexity index is 548. The van der Waals surface area contributed by atoms with Gasteiger partial charge in [-0.1, -0.05) is 0 Å². The van der Waals surface area contributed by atoms with E-state index in [2.05, 4.69) is 5.32 Å². The summed E-state index contributed by atoms with van der Waals surface area (Å²) in [6, 6.07) is 3.01. The average Bonchev–Trinajstić information content (AvgIpc) is 2.88. The molecule has 1 saturated carbocycles. The van der Waals surface area contributed by atoms with Crippen molar-refractivity contribution in [3.05, 3.63) is 35.4 Å². The van der Waals surface area contributed by atoms with Crippen molar-refractivity contribution in [2.45, 2.75) is 38.1 Å². The molecule has 1 aromatic rings. The van der Waals surface area contributed by atoms with Crippen LogP contribution in [0.25, 0.3) is 0 Å². The Morgan fingerprint density at radius 3 is 2.71 bits per heavy atom. The van der Waals surface area contributed by atoms with Gasteiger partial charge >= 0.3 is 5.97 Å². The Kier molecular flexibility index (Phi) is 4.88. The molecule has 1 aliphatic carbocycles. The Balaban J connectivity index is 1.80. The molecule has 0 spiro atoms. The van der Waals surface area contributed by atoms with E-state index >= 15 is 0 Å². The van der Waals surface area contributed by atoms with Gasteiger partial charge in [-0.2, -0.15) is 0 Å². The SMILES string of the molecule is O=C(CCc1cc(F)ccc1F)NC1CCC(C(=O)O)C1. The van der Waals surface area contributed by atoms with Crippen molar-refractivity contribution in [3.63, 3.8) is 0 Å². The summed E-state index contributed by atoms with van der Waals surface area (Å²) >= 11 is 0. The van der Waals surface area contributed by atoms with Gasteiger partial charge in [-0.15, -0.1) is 0 Å². The molecule has 0 bridgehead atoms. The predicted molar refractivity (Wildman–Crippen MR) is 71.6 cm³/mol. The van der Waals surface area contributed by atoms with Gasteiger partial charge in [0.25, 0.3) is 0 Å². The number of nitrogens with one attached hydrogen (secondary N) is 1. The van der Waals surface area contributed by atoms with Gasteiger partial charge in [0.15, 0.2) is 0 Å². The normalized spacial score (nSPS) is 21.2. The molecule has 2 unspecified atom stereocenters. The number of carbonyl (C=O) groups is 2. The lowest BCUT2D eigenvalue weighted by molar-refractivity contribution is -0.141. The van der Waals surface area contributed by atoms with Gasteiger partial charge in [0.1, 0.15) is 11.6 Å². The van der Waals surface area contributed by atoms with Crippen LogP contribution in [0, 0.1) is 17.6 Å². The number of carboxylic acid groups (broad SMARTS) is 1. The number of benzene rings is 1. The van der Waals surface area contributed by atoms with Gasteiger partial charge in [0.05, 0.1) is 5.92 Å². The van der Waals surface area contributed by atoms with Crippen molar-refractivity contribution >= 4 is 11.9 Å². The highest BCUT2D eigenvalue weighted by atomic mass is 19.1. The number of hydrogen-bond acceptors (Lipinski definition) is 2. The lowest BCUT2D eigenvalue weighted by atomic mass is 10.1. The van der Waals surface area contributed by atoms with E-state index in [1.807, 2.05) is 0 Å². The van der Waals surface area contributed by atoms with Crippen molar-refractivity contribution in [3.8, 4) is 0 Å². The van der Waals surface area contributed by atoms with E-state index in [9.17, 15) is 18.4 Å². The molecule has 6 heteroatoms. The standard InChI is InChI=1S/C15H17F2NO3/c16-11-3-5-13(17)9(7-11)2-6-14(19)18-12-4-1-10(8-12)15(20)21/h3,5,7,10,12H,1-2,4,6,8H2,(H,18,19)(H,20,21). The smallest absolute Gasteiger partial charge is 0.306 e. The number of aliphatic carboxylic acids is 1. The summed E-state index contributed by atoms with van der Waals surface area (Å²) in [5, 5.41) is 11.6. The highest BCUT2D eigenvalue weighted by Crippen LogP contribution is 2.25. The molecular formula is C15H17F2NO3. The monoisotopic (exact) mass is 297 g/mol. The molecule has 21 heavy (non-hydrogen) atoms. The van der Waals surface area contributed by atoms with Crippen LogP contribution in [0.3, 0.4) is 0 Å². The van der Waals surface area contributed by atoms with E-state index in [-0.39, 0.29) is 30.4 Å². The van der Waals surface area contributed by atoms with Gasteiger partial charge in [-0.05, 0) is 49.4 Å². The van der Waals surface area contributed by atoms with Crippen LogP contribution in [-0.4, -0.2) is 23.0 Å². The molecule has 0 radical (unpaired) electrons. The van der Waals surface area contributed by atoms with Crippen molar-refractivity contribution in [1.82, 2.24) is 5.32 Å². The average molecular weight is 297 g/mol. The number of amides is 1. The summed E-state index contributed by atoms with van der Waals surface area (Å²) in [4.78, 5) is 22.6. The van der Waals surface area contributed by atoms with Gasteiger partial charge in [-0.25, -0.2) is 8.78 Å². The minimum absolute atomic E-state index is 0.0502. The van der Waals surface area contributed by atoms with Gasteiger partial charge in [0.2, 0.25) is 5.91 Å². The Morgan fingerprint density at radius 1 is 1.29 bits per heavy atom. The number of aryl methyl sites for hydroxylation is 1. The second-order valence-corrected chi connectivity index (χ2v) is 5.35. The first-order valence-corrected chi connectivity index (χ1v) is 6.92. The minimum atomic E-state index is -0.839. The molecule has 1 aliphatic rings. The second-order valence-electron chi connectivity index (χ2n) is 5.35.